The summed E-state index contributed by atoms with van der Waals surface area (Å²) in [6.07, 6.45) is 0.926. The van der Waals surface area contributed by atoms with Gasteiger partial charge in [0.2, 0.25) is 0 Å². The van der Waals surface area contributed by atoms with Gasteiger partial charge in [-0.1, -0.05) is 19.1 Å². The molecule has 23 heavy (non-hydrogen) atoms. The standard InChI is InChI=1S/C17H17NO4S/c1-3-12-4-6-13(7-5-12)18-16(20)10-22-17(21)15-9-8-14(23-15)11(2)19/h4-9H,3,10H2,1-2H3,(H,18,20). The van der Waals surface area contributed by atoms with Crippen LogP contribution in [0.1, 0.15) is 38.8 Å². The molecule has 5 nitrogen and oxygen atoms in total. The maximum absolute atomic E-state index is 11.8. The minimum absolute atomic E-state index is 0.109. The molecule has 120 valence electrons. The number of aryl methyl sites for hydroxylation is 1. The molecule has 0 radical (unpaired) electrons. The lowest BCUT2D eigenvalue weighted by atomic mass is 10.1. The Bertz CT molecular complexity index is 718. The number of hydrogen-bond donors (Lipinski definition) is 1. The van der Waals surface area contributed by atoms with Crippen molar-refractivity contribution in [3.05, 3.63) is 51.7 Å². The normalized spacial score (nSPS) is 10.2. The van der Waals surface area contributed by atoms with Crippen molar-refractivity contribution in [3.8, 4) is 0 Å². The summed E-state index contributed by atoms with van der Waals surface area (Å²) in [4.78, 5) is 35.6. The molecular weight excluding hydrogens is 314 g/mol. The maximum Gasteiger partial charge on any atom is 0.348 e. The molecule has 1 aromatic carbocycles. The van der Waals surface area contributed by atoms with Crippen LogP contribution in [-0.4, -0.2) is 24.3 Å². The van der Waals surface area contributed by atoms with Crippen LogP contribution in [0.4, 0.5) is 5.69 Å². The van der Waals surface area contributed by atoms with Gasteiger partial charge in [0.05, 0.1) is 4.88 Å². The van der Waals surface area contributed by atoms with E-state index < -0.39 is 11.9 Å². The minimum Gasteiger partial charge on any atom is -0.451 e. The first-order valence-corrected chi connectivity index (χ1v) is 7.98. The highest BCUT2D eigenvalue weighted by Crippen LogP contribution is 2.18. The van der Waals surface area contributed by atoms with Crippen molar-refractivity contribution in [1.82, 2.24) is 0 Å². The molecule has 0 aliphatic rings. The van der Waals surface area contributed by atoms with Gasteiger partial charge in [-0.05, 0) is 43.2 Å². The molecule has 6 heteroatoms. The Morgan fingerprint density at radius 1 is 1.04 bits per heavy atom. The van der Waals surface area contributed by atoms with Crippen molar-refractivity contribution in [2.24, 2.45) is 0 Å². The molecule has 0 fully saturated rings. The monoisotopic (exact) mass is 331 g/mol. The zero-order valence-corrected chi connectivity index (χ0v) is 13.7. The Morgan fingerprint density at radius 3 is 2.26 bits per heavy atom. The summed E-state index contributed by atoms with van der Waals surface area (Å²) in [5, 5.41) is 2.66. The smallest absolute Gasteiger partial charge is 0.348 e. The third-order valence-electron chi connectivity index (χ3n) is 3.13. The number of amides is 1. The van der Waals surface area contributed by atoms with Crippen molar-refractivity contribution >= 4 is 34.7 Å². The third-order valence-corrected chi connectivity index (χ3v) is 4.30. The summed E-state index contributed by atoms with van der Waals surface area (Å²) >= 11 is 1.05. The summed E-state index contributed by atoms with van der Waals surface area (Å²) in [5.41, 5.74) is 1.83. The fourth-order valence-corrected chi connectivity index (χ4v) is 2.65. The van der Waals surface area contributed by atoms with Crippen molar-refractivity contribution in [2.45, 2.75) is 20.3 Å². The lowest BCUT2D eigenvalue weighted by Crippen LogP contribution is -2.20. The number of thiophene rings is 1. The average Bonchev–Trinajstić information content (AvgIpc) is 3.03. The van der Waals surface area contributed by atoms with E-state index >= 15 is 0 Å². The van der Waals surface area contributed by atoms with Crippen molar-refractivity contribution < 1.29 is 19.1 Å². The van der Waals surface area contributed by atoms with Gasteiger partial charge in [0.1, 0.15) is 4.88 Å². The van der Waals surface area contributed by atoms with Crippen LogP contribution in [0.5, 0.6) is 0 Å². The summed E-state index contributed by atoms with van der Waals surface area (Å²) in [7, 11) is 0. The number of carbonyl (C=O) groups is 3. The van der Waals surface area contributed by atoms with Crippen molar-refractivity contribution in [1.29, 1.82) is 0 Å². The van der Waals surface area contributed by atoms with Crippen LogP contribution in [-0.2, 0) is 16.0 Å². The number of rotatable bonds is 6. The predicted molar refractivity (Wildman–Crippen MR) is 89.1 cm³/mol. The van der Waals surface area contributed by atoms with Crippen molar-refractivity contribution in [3.63, 3.8) is 0 Å². The Kier molecular flexibility index (Phi) is 5.65. The van der Waals surface area contributed by atoms with Crippen LogP contribution in [0.25, 0.3) is 0 Å². The molecule has 1 amide bonds. The van der Waals surface area contributed by atoms with Gasteiger partial charge in [0, 0.05) is 5.69 Å². The third kappa shape index (κ3) is 4.75. The molecule has 0 spiro atoms. The van der Waals surface area contributed by atoms with Gasteiger partial charge in [0.15, 0.2) is 12.4 Å². The molecule has 2 rings (SSSR count). The molecule has 0 unspecified atom stereocenters. The maximum atomic E-state index is 11.8. The molecule has 0 saturated heterocycles. The van der Waals surface area contributed by atoms with Crippen LogP contribution >= 0.6 is 11.3 Å². The van der Waals surface area contributed by atoms with Gasteiger partial charge in [-0.3, -0.25) is 9.59 Å². The van der Waals surface area contributed by atoms with E-state index in [2.05, 4.69) is 12.2 Å². The molecule has 0 atom stereocenters. The van der Waals surface area contributed by atoms with E-state index in [1.807, 2.05) is 12.1 Å². The largest absolute Gasteiger partial charge is 0.451 e. The van der Waals surface area contributed by atoms with Crippen LogP contribution < -0.4 is 5.32 Å². The van der Waals surface area contributed by atoms with E-state index in [-0.39, 0.29) is 12.4 Å². The van der Waals surface area contributed by atoms with Crippen LogP contribution in [0.2, 0.25) is 0 Å². The first-order chi connectivity index (χ1) is 11.0. The lowest BCUT2D eigenvalue weighted by molar-refractivity contribution is -0.119. The lowest BCUT2D eigenvalue weighted by Gasteiger charge is -2.06. The molecule has 2 aromatic rings. The number of carbonyl (C=O) groups excluding carboxylic acids is 3. The van der Waals surface area contributed by atoms with E-state index in [1.165, 1.54) is 18.6 Å². The summed E-state index contributed by atoms with van der Waals surface area (Å²) < 4.78 is 4.95. The van der Waals surface area contributed by atoms with E-state index in [1.54, 1.807) is 18.2 Å². The minimum atomic E-state index is -0.612. The second-order valence-corrected chi connectivity index (χ2v) is 5.98. The van der Waals surface area contributed by atoms with E-state index in [4.69, 9.17) is 4.74 Å². The first kappa shape index (κ1) is 16.9. The van der Waals surface area contributed by atoms with E-state index in [9.17, 15) is 14.4 Å². The molecular formula is C17H17NO4S. The molecule has 1 N–H and O–H groups in total. The zero-order chi connectivity index (χ0) is 16.8. The van der Waals surface area contributed by atoms with E-state index in [0.717, 1.165) is 17.8 Å². The zero-order valence-electron chi connectivity index (χ0n) is 12.9. The number of benzene rings is 1. The summed E-state index contributed by atoms with van der Waals surface area (Å²) in [6.45, 7) is 3.11. The Morgan fingerprint density at radius 2 is 1.70 bits per heavy atom. The first-order valence-electron chi connectivity index (χ1n) is 7.16. The van der Waals surface area contributed by atoms with E-state index in [0.29, 0.717) is 15.4 Å². The van der Waals surface area contributed by atoms with Gasteiger partial charge >= 0.3 is 5.97 Å². The van der Waals surface area contributed by atoms with Gasteiger partial charge < -0.3 is 10.1 Å². The second-order valence-electron chi connectivity index (χ2n) is 4.89. The number of anilines is 1. The van der Waals surface area contributed by atoms with Crippen LogP contribution in [0, 0.1) is 0 Å². The summed E-state index contributed by atoms with van der Waals surface area (Å²) in [5.74, 6) is -1.13. The van der Waals surface area contributed by atoms with Gasteiger partial charge in [-0.2, -0.15) is 0 Å². The SMILES string of the molecule is CCc1ccc(NC(=O)COC(=O)c2ccc(C(C)=O)s2)cc1. The highest BCUT2D eigenvalue weighted by atomic mass is 32.1. The fraction of sp³-hybridized carbons (Fsp3) is 0.235. The van der Waals surface area contributed by atoms with Crippen molar-refractivity contribution in [2.75, 3.05) is 11.9 Å². The average molecular weight is 331 g/mol. The number of ether oxygens (including phenoxy) is 1. The highest BCUT2D eigenvalue weighted by Gasteiger charge is 2.14. The number of hydrogen-bond acceptors (Lipinski definition) is 5. The highest BCUT2D eigenvalue weighted by molar-refractivity contribution is 7.15. The number of Topliss-reactive ketones (excluding diaryl/α,β-unsaturated/α-hetero) is 1. The van der Waals surface area contributed by atoms with Crippen LogP contribution in [0.15, 0.2) is 36.4 Å². The number of nitrogens with one attached hydrogen (secondary N) is 1. The second kappa shape index (κ2) is 7.69. The molecule has 0 aliphatic carbocycles. The predicted octanol–water partition coefficient (Wildman–Crippen LogP) is 3.31. The summed E-state index contributed by atoms with van der Waals surface area (Å²) in [6, 6.07) is 10.5. The van der Waals surface area contributed by atoms with Gasteiger partial charge in [0.25, 0.3) is 5.91 Å². The molecule has 0 saturated carbocycles. The van der Waals surface area contributed by atoms with Crippen LogP contribution in [0.3, 0.4) is 0 Å². The number of ketones is 1. The Balaban J connectivity index is 1.85. The molecule has 1 aromatic heterocycles. The topological polar surface area (TPSA) is 72.5 Å². The quantitative estimate of drug-likeness (QED) is 0.651. The molecule has 1 heterocycles. The number of esters is 1. The fourth-order valence-electron chi connectivity index (χ4n) is 1.86. The molecule has 0 bridgehead atoms. The van der Waals surface area contributed by atoms with Gasteiger partial charge in [-0.15, -0.1) is 11.3 Å². The Labute approximate surface area is 138 Å². The Hall–Kier alpha value is -2.47. The van der Waals surface area contributed by atoms with Gasteiger partial charge in [-0.25, -0.2) is 4.79 Å². The molecule has 0 aliphatic heterocycles.